The van der Waals surface area contributed by atoms with Gasteiger partial charge in [-0.05, 0) is 110 Å². The molecule has 1 N–H and O–H groups in total. The van der Waals surface area contributed by atoms with E-state index < -0.39 is 23.5 Å². The summed E-state index contributed by atoms with van der Waals surface area (Å²) >= 11 is 5.72. The Bertz CT molecular complexity index is 1490. The number of hydrogen-bond acceptors (Lipinski definition) is 4. The van der Waals surface area contributed by atoms with E-state index in [4.69, 9.17) is 21.1 Å². The molecule has 0 saturated heterocycles. The molecule has 10 heteroatoms. The van der Waals surface area contributed by atoms with Crippen molar-refractivity contribution in [2.75, 3.05) is 17.8 Å². The lowest BCUT2D eigenvalue weighted by Crippen LogP contribution is -2.13. The van der Waals surface area contributed by atoms with Crippen LogP contribution in [0.1, 0.15) is 78.1 Å². The number of ether oxygens (including phenoxy) is 2. The monoisotopic (exact) mass is 617 g/mol. The van der Waals surface area contributed by atoms with Gasteiger partial charge < -0.3 is 14.8 Å². The van der Waals surface area contributed by atoms with Crippen LogP contribution in [0.15, 0.2) is 60.7 Å². The van der Waals surface area contributed by atoms with Crippen LogP contribution in [0.25, 0.3) is 11.1 Å². The molecule has 1 amide bonds. The van der Waals surface area contributed by atoms with Crippen LogP contribution in [-0.2, 0) is 22.3 Å². The molecule has 0 radical (unpaired) electrons. The lowest BCUT2D eigenvalue weighted by molar-refractivity contribution is -0.137. The Hall–Kier alpha value is -3.85. The first-order chi connectivity index (χ1) is 20.6. The van der Waals surface area contributed by atoms with Crippen LogP contribution in [-0.4, -0.2) is 24.4 Å². The fourth-order valence-corrected chi connectivity index (χ4v) is 5.17. The summed E-state index contributed by atoms with van der Waals surface area (Å²) in [5.41, 5.74) is 2.71. The van der Waals surface area contributed by atoms with Gasteiger partial charge in [0.1, 0.15) is 18.2 Å². The van der Waals surface area contributed by atoms with Gasteiger partial charge >= 0.3 is 12.1 Å². The Morgan fingerprint density at radius 3 is 2.40 bits per heavy atom. The minimum absolute atomic E-state index is 0.0273. The topological polar surface area (TPSA) is 64.6 Å². The minimum Gasteiger partial charge on any atom is -0.488 e. The van der Waals surface area contributed by atoms with Gasteiger partial charge in [0.2, 0.25) is 5.91 Å². The average Bonchev–Trinajstić information content (AvgIpc) is 3.46. The van der Waals surface area contributed by atoms with Crippen LogP contribution in [0, 0.1) is 5.82 Å². The summed E-state index contributed by atoms with van der Waals surface area (Å²) in [7, 11) is 0. The Labute approximate surface area is 252 Å². The highest BCUT2D eigenvalue weighted by molar-refractivity contribution is 6.17. The van der Waals surface area contributed by atoms with Crippen LogP contribution >= 0.6 is 11.6 Å². The third-order valence-corrected chi connectivity index (χ3v) is 7.29. The molecule has 3 aromatic rings. The molecular formula is C33H32ClF4NO4. The first kappa shape index (κ1) is 32.1. The van der Waals surface area contributed by atoms with Crippen LogP contribution in [0.3, 0.4) is 0 Å². The molecule has 0 fully saturated rings. The van der Waals surface area contributed by atoms with E-state index in [0.717, 1.165) is 17.7 Å². The molecule has 0 heterocycles. The first-order valence-electron chi connectivity index (χ1n) is 14.1. The predicted molar refractivity (Wildman–Crippen MR) is 158 cm³/mol. The fourth-order valence-electron chi connectivity index (χ4n) is 4.98. The van der Waals surface area contributed by atoms with Crippen molar-refractivity contribution in [2.45, 2.75) is 58.2 Å². The number of halogens is 5. The lowest BCUT2D eigenvalue weighted by Gasteiger charge is -2.18. The highest BCUT2D eigenvalue weighted by atomic mass is 35.5. The second-order valence-corrected chi connectivity index (χ2v) is 10.5. The third-order valence-electron chi connectivity index (χ3n) is 7.02. The molecule has 0 saturated carbocycles. The normalized spacial score (nSPS) is 13.3. The van der Waals surface area contributed by atoms with Gasteiger partial charge in [-0.25, -0.2) is 9.18 Å². The number of carbonyl (C=O) groups excluding carboxylic acids is 2. The summed E-state index contributed by atoms with van der Waals surface area (Å²) in [5.74, 6) is -0.536. The maximum atomic E-state index is 13.8. The van der Waals surface area contributed by atoms with Gasteiger partial charge in [0, 0.05) is 23.6 Å². The van der Waals surface area contributed by atoms with Crippen molar-refractivity contribution in [2.24, 2.45) is 0 Å². The van der Waals surface area contributed by atoms with Crippen LogP contribution in [0.2, 0.25) is 0 Å². The molecule has 5 nitrogen and oxygen atoms in total. The number of hydrogen-bond donors (Lipinski definition) is 1. The maximum absolute atomic E-state index is 13.8. The number of amides is 1. The van der Waals surface area contributed by atoms with Crippen LogP contribution in [0.4, 0.5) is 23.2 Å². The second kappa shape index (κ2) is 14.6. The van der Waals surface area contributed by atoms with Gasteiger partial charge in [0.25, 0.3) is 0 Å². The number of rotatable bonds is 12. The molecule has 228 valence electrons. The molecule has 43 heavy (non-hydrogen) atoms. The number of nitrogens with one attached hydrogen (secondary N) is 1. The summed E-state index contributed by atoms with van der Waals surface area (Å²) in [5, 5.41) is 2.83. The molecule has 0 aliphatic heterocycles. The summed E-state index contributed by atoms with van der Waals surface area (Å²) in [6.45, 7) is 1.86. The van der Waals surface area contributed by atoms with E-state index in [1.165, 1.54) is 24.3 Å². The molecule has 0 spiro atoms. The first-order valence-corrected chi connectivity index (χ1v) is 14.6. The average molecular weight is 618 g/mol. The molecule has 0 bridgehead atoms. The van der Waals surface area contributed by atoms with Gasteiger partial charge in [0.15, 0.2) is 0 Å². The van der Waals surface area contributed by atoms with Gasteiger partial charge in [-0.3, -0.25) is 4.79 Å². The summed E-state index contributed by atoms with van der Waals surface area (Å²) < 4.78 is 65.9. The summed E-state index contributed by atoms with van der Waals surface area (Å²) in [6.07, 6.45) is -1.35. The molecular weight excluding hydrogens is 586 g/mol. The molecule has 0 unspecified atom stereocenters. The Morgan fingerprint density at radius 1 is 0.953 bits per heavy atom. The predicted octanol–water partition coefficient (Wildman–Crippen LogP) is 9.04. The van der Waals surface area contributed by atoms with Gasteiger partial charge in [0.05, 0.1) is 17.7 Å². The number of carbonyl (C=O) groups is 2. The highest BCUT2D eigenvalue weighted by Crippen LogP contribution is 2.45. The van der Waals surface area contributed by atoms with E-state index in [1.54, 1.807) is 31.2 Å². The van der Waals surface area contributed by atoms with Crippen molar-refractivity contribution in [3.8, 4) is 5.75 Å². The number of anilines is 1. The van der Waals surface area contributed by atoms with Crippen molar-refractivity contribution in [1.82, 2.24) is 0 Å². The van der Waals surface area contributed by atoms with E-state index in [2.05, 4.69) is 5.32 Å². The smallest absolute Gasteiger partial charge is 0.416 e. The molecule has 1 aliphatic rings. The third kappa shape index (κ3) is 8.60. The SMILES string of the molecule is CCOC(=O)c1cc(NC(=O)CCCCCl)cc(C2=C(c3cc(C(F)(F)F)ccc3OCc3ccc(F)cc3)CCC2)c1. The molecule has 0 aromatic heterocycles. The highest BCUT2D eigenvalue weighted by Gasteiger charge is 2.32. The zero-order valence-electron chi connectivity index (χ0n) is 23.7. The van der Waals surface area contributed by atoms with E-state index in [1.807, 2.05) is 0 Å². The van der Waals surface area contributed by atoms with Gasteiger partial charge in [-0.15, -0.1) is 11.6 Å². The van der Waals surface area contributed by atoms with Gasteiger partial charge in [-0.1, -0.05) is 12.1 Å². The van der Waals surface area contributed by atoms with Gasteiger partial charge in [-0.2, -0.15) is 13.2 Å². The van der Waals surface area contributed by atoms with Crippen molar-refractivity contribution in [1.29, 1.82) is 0 Å². The summed E-state index contributed by atoms with van der Waals surface area (Å²) in [6, 6.07) is 13.9. The molecule has 1 aliphatic carbocycles. The number of esters is 1. The zero-order chi connectivity index (χ0) is 31.0. The Morgan fingerprint density at radius 2 is 1.70 bits per heavy atom. The van der Waals surface area contributed by atoms with E-state index in [0.29, 0.717) is 60.4 Å². The number of unbranched alkanes of at least 4 members (excludes halogenated alkanes) is 1. The minimum atomic E-state index is -4.58. The quantitative estimate of drug-likeness (QED) is 0.0953. The van der Waals surface area contributed by atoms with Crippen LogP contribution in [0.5, 0.6) is 5.75 Å². The lowest BCUT2D eigenvalue weighted by atomic mass is 9.93. The van der Waals surface area contributed by atoms with E-state index in [9.17, 15) is 27.2 Å². The zero-order valence-corrected chi connectivity index (χ0v) is 24.4. The second-order valence-electron chi connectivity index (χ2n) is 10.1. The molecule has 3 aromatic carbocycles. The summed E-state index contributed by atoms with van der Waals surface area (Å²) in [4.78, 5) is 25.3. The molecule has 4 rings (SSSR count). The standard InChI is InChI=1S/C33H32ClF4NO4/c1-2-42-32(41)23-16-22(17-26(18-23)39-31(40)8-3-4-15-34)27-6-5-7-28(27)29-19-24(33(36,37)38)11-14-30(29)43-20-21-9-12-25(35)13-10-21/h9-14,16-19H,2-8,15,20H2,1H3,(H,39,40). The largest absolute Gasteiger partial charge is 0.488 e. The van der Waals surface area contributed by atoms with E-state index >= 15 is 0 Å². The Balaban J connectivity index is 1.77. The maximum Gasteiger partial charge on any atom is 0.416 e. The van der Waals surface area contributed by atoms with Crippen LogP contribution < -0.4 is 10.1 Å². The van der Waals surface area contributed by atoms with Crippen molar-refractivity contribution >= 4 is 40.3 Å². The number of allylic oxidation sites excluding steroid dienone is 2. The number of benzene rings is 3. The number of alkyl halides is 4. The molecule has 0 atom stereocenters. The van der Waals surface area contributed by atoms with E-state index in [-0.39, 0.29) is 42.4 Å². The van der Waals surface area contributed by atoms with Crippen molar-refractivity contribution in [3.63, 3.8) is 0 Å². The van der Waals surface area contributed by atoms with Crippen molar-refractivity contribution < 1.29 is 36.6 Å². The fraction of sp³-hybridized carbons (Fsp3) is 0.333. The Kier molecular flexibility index (Phi) is 10.9. The van der Waals surface area contributed by atoms with Crippen molar-refractivity contribution in [3.05, 3.63) is 94.3 Å².